The van der Waals surface area contributed by atoms with Gasteiger partial charge in [0.2, 0.25) is 11.9 Å². The number of methoxy groups -OCH3 is 2. The van der Waals surface area contributed by atoms with Crippen molar-refractivity contribution in [1.29, 1.82) is 0 Å². The van der Waals surface area contributed by atoms with Crippen molar-refractivity contribution in [2.24, 2.45) is 14.1 Å². The van der Waals surface area contributed by atoms with E-state index in [0.717, 1.165) is 0 Å². The lowest BCUT2D eigenvalue weighted by atomic mass is 10.3. The summed E-state index contributed by atoms with van der Waals surface area (Å²) in [5, 5.41) is 9.63. The van der Waals surface area contributed by atoms with Crippen LogP contribution in [-0.2, 0) is 23.6 Å². The molecule has 0 aliphatic carbocycles. The van der Waals surface area contributed by atoms with E-state index in [9.17, 15) is 19.2 Å². The number of amides is 1. The highest BCUT2D eigenvalue weighted by atomic mass is 35.5. The Bertz CT molecular complexity index is 1450. The Morgan fingerprint density at radius 2 is 1.36 bits per heavy atom. The first-order chi connectivity index (χ1) is 18.5. The Hall–Kier alpha value is -5.25. The molecule has 4 rings (SSSR count). The fourth-order valence-corrected chi connectivity index (χ4v) is 2.56. The molecule has 204 valence electrons. The minimum atomic E-state index is -0.598. The molecule has 16 nitrogen and oxygen atoms in total. The standard InChI is InChI=1S/C11H11N5O3.C6H7N3O2.C5H5ClN2O/c1-16-6-7(5-13-16)9(17)15-11-12-4-3-8(14-11)10(18)19-2;1-11-5(10)4-2-3-8-6(7)9-4;1-8-3-4(2-7-8)5(6)9/h3-6H,1-2H3,(H,12,14,15,17);2-3H,1H3,(H2,7,8,9);2-3H,1H3. The second-order valence-electron chi connectivity index (χ2n) is 7.08. The number of carbonyl (C=O) groups is 4. The lowest BCUT2D eigenvalue weighted by Crippen LogP contribution is -2.15. The van der Waals surface area contributed by atoms with Crippen LogP contribution in [-0.4, -0.2) is 76.8 Å². The molecule has 0 atom stereocenters. The van der Waals surface area contributed by atoms with Crippen LogP contribution in [0.1, 0.15) is 41.7 Å². The highest BCUT2D eigenvalue weighted by molar-refractivity contribution is 6.67. The minimum Gasteiger partial charge on any atom is -0.464 e. The van der Waals surface area contributed by atoms with E-state index in [1.807, 2.05) is 0 Å². The molecule has 0 aromatic carbocycles. The summed E-state index contributed by atoms with van der Waals surface area (Å²) in [6.45, 7) is 0. The van der Waals surface area contributed by atoms with Gasteiger partial charge in [0.1, 0.15) is 0 Å². The lowest BCUT2D eigenvalue weighted by molar-refractivity contribution is 0.0585. The number of nitrogens with two attached hydrogens (primary N) is 1. The Labute approximate surface area is 226 Å². The normalized spacial score (nSPS) is 9.67. The third-order valence-electron chi connectivity index (χ3n) is 4.24. The van der Waals surface area contributed by atoms with Gasteiger partial charge in [-0.3, -0.25) is 24.3 Å². The summed E-state index contributed by atoms with van der Waals surface area (Å²) >= 11 is 5.12. The second-order valence-corrected chi connectivity index (χ2v) is 7.43. The van der Waals surface area contributed by atoms with E-state index < -0.39 is 23.1 Å². The van der Waals surface area contributed by atoms with Gasteiger partial charge in [-0.1, -0.05) is 0 Å². The SMILES string of the molecule is COC(=O)c1ccnc(N)n1.COC(=O)c1ccnc(NC(=O)c2cnn(C)c2)n1.Cn1cc(C(=O)Cl)cn1. The Morgan fingerprint density at radius 1 is 0.846 bits per heavy atom. The number of hydrogen-bond donors (Lipinski definition) is 2. The quantitative estimate of drug-likeness (QED) is 0.257. The van der Waals surface area contributed by atoms with Gasteiger partial charge in [0.05, 0.1) is 37.7 Å². The van der Waals surface area contributed by atoms with Crippen LogP contribution < -0.4 is 11.1 Å². The molecule has 0 aliphatic rings. The molecule has 4 aromatic heterocycles. The predicted molar refractivity (Wildman–Crippen MR) is 136 cm³/mol. The first-order valence-electron chi connectivity index (χ1n) is 10.6. The molecule has 39 heavy (non-hydrogen) atoms. The zero-order valence-electron chi connectivity index (χ0n) is 21.1. The van der Waals surface area contributed by atoms with E-state index in [-0.39, 0.29) is 23.3 Å². The maximum atomic E-state index is 11.8. The first-order valence-corrected chi connectivity index (χ1v) is 11.0. The Kier molecular flexibility index (Phi) is 11.1. The van der Waals surface area contributed by atoms with Gasteiger partial charge in [0.25, 0.3) is 11.1 Å². The first kappa shape index (κ1) is 30.0. The van der Waals surface area contributed by atoms with E-state index in [0.29, 0.717) is 11.1 Å². The van der Waals surface area contributed by atoms with Crippen LogP contribution in [0.25, 0.3) is 0 Å². The number of esters is 2. The van der Waals surface area contributed by atoms with Crippen LogP contribution in [0.3, 0.4) is 0 Å². The zero-order chi connectivity index (χ0) is 28.9. The summed E-state index contributed by atoms with van der Waals surface area (Å²) in [7, 11) is 5.95. The molecular formula is C22H23ClN10O6. The number of nitrogens with one attached hydrogen (secondary N) is 1. The van der Waals surface area contributed by atoms with Crippen LogP contribution in [0.15, 0.2) is 49.3 Å². The molecule has 0 aliphatic heterocycles. The van der Waals surface area contributed by atoms with E-state index in [1.54, 1.807) is 26.5 Å². The Balaban J connectivity index is 0.000000226. The third kappa shape index (κ3) is 9.62. The zero-order valence-corrected chi connectivity index (χ0v) is 21.9. The van der Waals surface area contributed by atoms with E-state index >= 15 is 0 Å². The van der Waals surface area contributed by atoms with Gasteiger partial charge in [-0.25, -0.2) is 29.5 Å². The highest BCUT2D eigenvalue weighted by Crippen LogP contribution is 2.05. The lowest BCUT2D eigenvalue weighted by Gasteiger charge is -2.03. The van der Waals surface area contributed by atoms with E-state index in [4.69, 9.17) is 17.3 Å². The summed E-state index contributed by atoms with van der Waals surface area (Å²) in [4.78, 5) is 59.2. The maximum absolute atomic E-state index is 11.8. The van der Waals surface area contributed by atoms with Crippen LogP contribution >= 0.6 is 11.6 Å². The molecule has 0 unspecified atom stereocenters. The van der Waals surface area contributed by atoms with Crippen molar-refractivity contribution in [3.8, 4) is 0 Å². The van der Waals surface area contributed by atoms with Gasteiger partial charge in [-0.05, 0) is 23.7 Å². The molecule has 0 saturated carbocycles. The average Bonchev–Trinajstić information content (AvgIpc) is 3.57. The number of aromatic nitrogens is 8. The molecule has 0 fully saturated rings. The number of ether oxygens (including phenoxy) is 2. The molecule has 17 heteroatoms. The van der Waals surface area contributed by atoms with Gasteiger partial charge in [0, 0.05) is 38.9 Å². The number of nitrogens with zero attached hydrogens (tertiary/aromatic N) is 8. The number of anilines is 2. The molecule has 3 N–H and O–H groups in total. The van der Waals surface area contributed by atoms with Crippen LogP contribution in [0.4, 0.5) is 11.9 Å². The fraction of sp³-hybridized carbons (Fsp3) is 0.182. The van der Waals surface area contributed by atoms with Crippen molar-refractivity contribution >= 4 is 46.6 Å². The summed E-state index contributed by atoms with van der Waals surface area (Å²) in [6.07, 6.45) is 8.72. The van der Waals surface area contributed by atoms with Crippen LogP contribution in [0.2, 0.25) is 0 Å². The van der Waals surface area contributed by atoms with Crippen molar-refractivity contribution in [1.82, 2.24) is 39.5 Å². The number of nitrogen functional groups attached to an aromatic ring is 1. The topological polar surface area (TPSA) is 212 Å². The predicted octanol–water partition coefficient (Wildman–Crippen LogP) is 0.893. The van der Waals surface area contributed by atoms with Gasteiger partial charge in [0.15, 0.2) is 11.4 Å². The molecular weight excluding hydrogens is 536 g/mol. The average molecular weight is 559 g/mol. The summed E-state index contributed by atoms with van der Waals surface area (Å²) in [6, 6.07) is 2.83. The van der Waals surface area contributed by atoms with Crippen LogP contribution in [0.5, 0.6) is 0 Å². The van der Waals surface area contributed by atoms with Crippen molar-refractivity contribution in [3.05, 3.63) is 71.8 Å². The van der Waals surface area contributed by atoms with Crippen molar-refractivity contribution in [2.45, 2.75) is 0 Å². The molecule has 4 heterocycles. The molecule has 0 saturated heterocycles. The minimum absolute atomic E-state index is 0.0248. The van der Waals surface area contributed by atoms with Crippen LogP contribution in [0, 0.1) is 0 Å². The fourth-order valence-electron chi connectivity index (χ4n) is 2.46. The smallest absolute Gasteiger partial charge is 0.356 e. The second kappa shape index (κ2) is 14.5. The number of halogens is 1. The van der Waals surface area contributed by atoms with Crippen molar-refractivity contribution < 1.29 is 28.7 Å². The third-order valence-corrected chi connectivity index (χ3v) is 4.46. The maximum Gasteiger partial charge on any atom is 0.356 e. The van der Waals surface area contributed by atoms with Gasteiger partial charge in [-0.15, -0.1) is 0 Å². The summed E-state index contributed by atoms with van der Waals surface area (Å²) in [5.74, 6) is -1.43. The molecule has 0 radical (unpaired) electrons. The summed E-state index contributed by atoms with van der Waals surface area (Å²) in [5.41, 5.74) is 6.26. The van der Waals surface area contributed by atoms with Gasteiger partial charge < -0.3 is 15.2 Å². The number of aryl methyl sites for hydroxylation is 2. The molecule has 1 amide bonds. The van der Waals surface area contributed by atoms with Crippen molar-refractivity contribution in [2.75, 3.05) is 25.3 Å². The molecule has 4 aromatic rings. The van der Waals surface area contributed by atoms with E-state index in [2.05, 4.69) is 44.9 Å². The highest BCUT2D eigenvalue weighted by Gasteiger charge is 2.12. The Morgan fingerprint density at radius 3 is 1.79 bits per heavy atom. The summed E-state index contributed by atoms with van der Waals surface area (Å²) < 4.78 is 12.0. The number of carbonyl (C=O) groups excluding carboxylic acids is 4. The van der Waals surface area contributed by atoms with Crippen molar-refractivity contribution in [3.63, 3.8) is 0 Å². The molecule has 0 spiro atoms. The van der Waals surface area contributed by atoms with Gasteiger partial charge in [-0.2, -0.15) is 10.2 Å². The van der Waals surface area contributed by atoms with E-state index in [1.165, 1.54) is 60.5 Å². The monoisotopic (exact) mass is 558 g/mol. The molecule has 0 bridgehead atoms. The number of hydrogen-bond acceptors (Lipinski definition) is 13. The van der Waals surface area contributed by atoms with Gasteiger partial charge >= 0.3 is 11.9 Å². The largest absolute Gasteiger partial charge is 0.464 e. The number of rotatable bonds is 5.